The summed E-state index contributed by atoms with van der Waals surface area (Å²) in [5.74, 6) is 1.33. The fraction of sp³-hybridized carbons (Fsp3) is 0.520. The van der Waals surface area contributed by atoms with Crippen molar-refractivity contribution in [3.63, 3.8) is 0 Å². The van der Waals surface area contributed by atoms with Gasteiger partial charge in [-0.15, -0.1) is 0 Å². The molecule has 31 heavy (non-hydrogen) atoms. The van der Waals surface area contributed by atoms with Crippen LogP contribution in [0.25, 0.3) is 0 Å². The van der Waals surface area contributed by atoms with Gasteiger partial charge in [0.05, 0.1) is 6.21 Å². The summed E-state index contributed by atoms with van der Waals surface area (Å²) >= 11 is 0. The second-order valence-electron chi connectivity index (χ2n) is 7.70. The molecule has 0 saturated heterocycles. The maximum atomic E-state index is 6.04. The van der Waals surface area contributed by atoms with Crippen LogP contribution in [0, 0.1) is 6.92 Å². The number of nitrogens with zero attached hydrogens (tertiary/aromatic N) is 4. The predicted molar refractivity (Wildman–Crippen MR) is 133 cm³/mol. The van der Waals surface area contributed by atoms with Gasteiger partial charge >= 0.3 is 0 Å². The molecule has 0 radical (unpaired) electrons. The molecule has 0 saturated carbocycles. The molecule has 2 aromatic rings. The quantitative estimate of drug-likeness (QED) is 0.334. The molecule has 0 unspecified atom stereocenters. The molecule has 1 N–H and O–H groups in total. The minimum absolute atomic E-state index is 0.617. The Hall–Kier alpha value is -2.60. The number of rotatable bonds is 14. The van der Waals surface area contributed by atoms with E-state index in [-0.39, 0.29) is 0 Å². The zero-order valence-electron chi connectivity index (χ0n) is 19.9. The largest absolute Gasteiger partial charge is 0.476 e. The van der Waals surface area contributed by atoms with Crippen molar-refractivity contribution >= 4 is 17.7 Å². The normalized spacial score (nSPS) is 11.3. The second-order valence-corrected chi connectivity index (χ2v) is 7.70. The Kier molecular flexibility index (Phi) is 10.9. The molecule has 1 aromatic heterocycles. The number of benzene rings is 1. The van der Waals surface area contributed by atoms with Crippen molar-refractivity contribution in [2.45, 2.75) is 47.5 Å². The highest BCUT2D eigenvalue weighted by molar-refractivity contribution is 5.80. The summed E-state index contributed by atoms with van der Waals surface area (Å²) in [5, 5.41) is 4.40. The summed E-state index contributed by atoms with van der Waals surface area (Å²) in [6, 6.07) is 12.3. The summed E-state index contributed by atoms with van der Waals surface area (Å²) in [6.07, 6.45) is 4.00. The van der Waals surface area contributed by atoms with Crippen LogP contribution in [0.1, 0.15) is 51.7 Å². The highest BCUT2D eigenvalue weighted by Crippen LogP contribution is 2.24. The zero-order valence-corrected chi connectivity index (χ0v) is 19.9. The Morgan fingerprint density at radius 3 is 2.39 bits per heavy atom. The van der Waals surface area contributed by atoms with Gasteiger partial charge < -0.3 is 14.5 Å². The lowest BCUT2D eigenvalue weighted by atomic mass is 10.2. The van der Waals surface area contributed by atoms with Crippen LogP contribution in [0.15, 0.2) is 41.5 Å². The van der Waals surface area contributed by atoms with Crippen LogP contribution in [0.4, 0.5) is 11.5 Å². The highest BCUT2D eigenvalue weighted by Gasteiger charge is 2.10. The number of nitrogens with one attached hydrogen (secondary N) is 1. The molecule has 0 bridgehead atoms. The molecule has 0 aliphatic carbocycles. The fourth-order valence-electron chi connectivity index (χ4n) is 3.46. The van der Waals surface area contributed by atoms with Crippen LogP contribution < -0.4 is 15.1 Å². The van der Waals surface area contributed by atoms with E-state index in [0.717, 1.165) is 56.8 Å². The first-order valence-electron chi connectivity index (χ1n) is 11.6. The van der Waals surface area contributed by atoms with Crippen LogP contribution in [0.3, 0.4) is 0 Å². The summed E-state index contributed by atoms with van der Waals surface area (Å²) in [6.45, 7) is 16.4. The summed E-state index contributed by atoms with van der Waals surface area (Å²) in [5.41, 5.74) is 6.48. The summed E-state index contributed by atoms with van der Waals surface area (Å²) in [7, 11) is 0. The number of pyridine rings is 1. The van der Waals surface area contributed by atoms with E-state index in [1.54, 1.807) is 0 Å². The van der Waals surface area contributed by atoms with E-state index in [0.29, 0.717) is 18.3 Å². The third-order valence-corrected chi connectivity index (χ3v) is 5.13. The average Bonchev–Trinajstić information content (AvgIpc) is 2.76. The van der Waals surface area contributed by atoms with Gasteiger partial charge in [-0.05, 0) is 38.4 Å². The molecule has 1 aromatic carbocycles. The topological polar surface area (TPSA) is 53.0 Å². The van der Waals surface area contributed by atoms with E-state index < -0.39 is 0 Å². The van der Waals surface area contributed by atoms with E-state index in [1.165, 1.54) is 5.56 Å². The van der Waals surface area contributed by atoms with Gasteiger partial charge in [-0.2, -0.15) is 10.1 Å². The number of likely N-dealkylation sites (N-methyl/N-ethyl adjacent to an activating group) is 1. The molecule has 0 spiro atoms. The van der Waals surface area contributed by atoms with Gasteiger partial charge in [0.25, 0.3) is 0 Å². The molecule has 0 atom stereocenters. The predicted octanol–water partition coefficient (Wildman–Crippen LogP) is 5.18. The smallest absolute Gasteiger partial charge is 0.217 e. The zero-order chi connectivity index (χ0) is 22.5. The Morgan fingerprint density at radius 1 is 1.00 bits per heavy atom. The van der Waals surface area contributed by atoms with Gasteiger partial charge in [0.15, 0.2) is 5.82 Å². The van der Waals surface area contributed by atoms with Gasteiger partial charge in [-0.3, -0.25) is 5.43 Å². The molecule has 0 aliphatic rings. The maximum Gasteiger partial charge on any atom is 0.217 e. The minimum Gasteiger partial charge on any atom is -0.476 e. The molecular weight excluding hydrogens is 386 g/mol. The van der Waals surface area contributed by atoms with E-state index >= 15 is 0 Å². The van der Waals surface area contributed by atoms with Crippen molar-refractivity contribution in [1.82, 2.24) is 9.88 Å². The number of anilines is 2. The Morgan fingerprint density at radius 2 is 1.74 bits per heavy atom. The monoisotopic (exact) mass is 425 g/mol. The van der Waals surface area contributed by atoms with Crippen LogP contribution in [-0.2, 0) is 0 Å². The van der Waals surface area contributed by atoms with E-state index in [2.05, 4.69) is 78.1 Å². The second kappa shape index (κ2) is 13.7. The lowest BCUT2D eigenvalue weighted by molar-refractivity contribution is 0.218. The van der Waals surface area contributed by atoms with Gasteiger partial charge in [0.2, 0.25) is 5.88 Å². The first-order chi connectivity index (χ1) is 15.1. The number of hydrogen-bond acceptors (Lipinski definition) is 6. The van der Waals surface area contributed by atoms with Crippen molar-refractivity contribution in [1.29, 1.82) is 0 Å². The van der Waals surface area contributed by atoms with Crippen molar-refractivity contribution < 1.29 is 4.74 Å². The minimum atomic E-state index is 0.617. The van der Waals surface area contributed by atoms with Crippen LogP contribution in [0.2, 0.25) is 0 Å². The number of aromatic nitrogens is 1. The standard InChI is InChI=1S/C25H39N5O/c1-6-13-30(14-7-2)23-18-24(28-26-20-22-12-10-11-21(5)17-22)27-25(19-23)31-16-15-29(8-3)9-4/h10-12,17-20H,6-9,13-16H2,1-5H3,(H,27,28)/b26-20+. The summed E-state index contributed by atoms with van der Waals surface area (Å²) < 4.78 is 6.04. The van der Waals surface area contributed by atoms with Gasteiger partial charge in [0.1, 0.15) is 6.61 Å². The fourth-order valence-corrected chi connectivity index (χ4v) is 3.46. The molecule has 170 valence electrons. The molecule has 6 heteroatoms. The highest BCUT2D eigenvalue weighted by atomic mass is 16.5. The van der Waals surface area contributed by atoms with Crippen LogP contribution >= 0.6 is 0 Å². The van der Waals surface area contributed by atoms with Crippen molar-refractivity contribution in [2.75, 3.05) is 49.7 Å². The first kappa shape index (κ1) is 24.7. The van der Waals surface area contributed by atoms with Crippen molar-refractivity contribution in [2.24, 2.45) is 5.10 Å². The van der Waals surface area contributed by atoms with E-state index in [9.17, 15) is 0 Å². The van der Waals surface area contributed by atoms with Crippen molar-refractivity contribution in [3.05, 3.63) is 47.5 Å². The lowest BCUT2D eigenvalue weighted by Gasteiger charge is -2.25. The van der Waals surface area contributed by atoms with E-state index in [4.69, 9.17) is 4.74 Å². The molecule has 6 nitrogen and oxygen atoms in total. The molecule has 0 aliphatic heterocycles. The Balaban J connectivity index is 2.18. The van der Waals surface area contributed by atoms with Crippen LogP contribution in [-0.4, -0.2) is 55.4 Å². The SMILES string of the molecule is CCCN(CCC)c1cc(N/N=C/c2cccc(C)c2)nc(OCCN(CC)CC)c1. The Bertz CT molecular complexity index is 798. The van der Waals surface area contributed by atoms with Crippen molar-refractivity contribution in [3.8, 4) is 5.88 Å². The molecule has 1 heterocycles. The van der Waals surface area contributed by atoms with Gasteiger partial charge in [-0.25, -0.2) is 0 Å². The van der Waals surface area contributed by atoms with Gasteiger partial charge in [-0.1, -0.05) is 57.5 Å². The van der Waals surface area contributed by atoms with Gasteiger partial charge in [0, 0.05) is 37.5 Å². The number of hydrazone groups is 1. The number of ether oxygens (including phenoxy) is 1. The average molecular weight is 426 g/mol. The lowest BCUT2D eigenvalue weighted by Crippen LogP contribution is -2.28. The summed E-state index contributed by atoms with van der Waals surface area (Å²) in [4.78, 5) is 9.37. The first-order valence-corrected chi connectivity index (χ1v) is 11.6. The molecule has 0 amide bonds. The van der Waals surface area contributed by atoms with Crippen LogP contribution in [0.5, 0.6) is 5.88 Å². The molecular formula is C25H39N5O. The molecule has 2 rings (SSSR count). The third kappa shape index (κ3) is 8.58. The van der Waals surface area contributed by atoms with E-state index in [1.807, 2.05) is 24.4 Å². The number of hydrogen-bond donors (Lipinski definition) is 1. The maximum absolute atomic E-state index is 6.04. The molecule has 0 fully saturated rings. The third-order valence-electron chi connectivity index (χ3n) is 5.13. The Labute approximate surface area is 188 Å². The number of aryl methyl sites for hydroxylation is 1.